The molecule has 0 bridgehead atoms. The molecule has 1 aliphatic heterocycles. The van der Waals surface area contributed by atoms with Gasteiger partial charge in [-0.05, 0) is 19.8 Å². The zero-order valence-electron chi connectivity index (χ0n) is 14.5. The fourth-order valence-corrected chi connectivity index (χ4v) is 2.93. The molecule has 0 saturated carbocycles. The van der Waals surface area contributed by atoms with Gasteiger partial charge in [-0.25, -0.2) is 5.53 Å². The molecule has 0 fully saturated rings. The van der Waals surface area contributed by atoms with Crippen molar-refractivity contribution in [1.29, 1.82) is 0 Å². The van der Waals surface area contributed by atoms with E-state index in [1.54, 1.807) is 0 Å². The minimum atomic E-state index is 0.174. The van der Waals surface area contributed by atoms with Crippen LogP contribution in [-0.4, -0.2) is 16.9 Å². The molecule has 2 N–H and O–H groups in total. The highest BCUT2D eigenvalue weighted by Crippen LogP contribution is 2.25. The Morgan fingerprint density at radius 3 is 1.95 bits per heavy atom. The molecular formula is C17H36N4. The number of unbranched alkanes of at least 4 members (excludes halogenated alkanes) is 9. The zero-order valence-corrected chi connectivity index (χ0v) is 14.5. The molecular weight excluding hydrogens is 260 g/mol. The molecule has 1 rings (SSSR count). The monoisotopic (exact) mass is 296 g/mol. The Hall–Kier alpha value is -0.770. The molecule has 0 radical (unpaired) electrons. The minimum absolute atomic E-state index is 0.174. The topological polar surface area (TPSA) is 39.7 Å². The quantitative estimate of drug-likeness (QED) is 0.482. The molecule has 0 aromatic rings. The van der Waals surface area contributed by atoms with Crippen molar-refractivity contribution in [2.45, 2.75) is 103 Å². The van der Waals surface area contributed by atoms with Crippen LogP contribution in [0.4, 0.5) is 0 Å². The van der Waals surface area contributed by atoms with Gasteiger partial charge in [0.05, 0.1) is 5.54 Å². The molecule has 1 atom stereocenters. The van der Waals surface area contributed by atoms with Crippen molar-refractivity contribution in [3.63, 3.8) is 0 Å². The second-order valence-electron chi connectivity index (χ2n) is 6.62. The van der Waals surface area contributed by atoms with Crippen molar-refractivity contribution in [2.24, 2.45) is 5.10 Å². The van der Waals surface area contributed by atoms with Gasteiger partial charge in [-0.2, -0.15) is 5.10 Å². The van der Waals surface area contributed by atoms with Crippen LogP contribution in [0.2, 0.25) is 0 Å². The highest BCUT2D eigenvalue weighted by Gasteiger charge is 2.29. The Morgan fingerprint density at radius 1 is 0.905 bits per heavy atom. The summed E-state index contributed by atoms with van der Waals surface area (Å²) in [5.74, 6) is 0. The summed E-state index contributed by atoms with van der Waals surface area (Å²) in [6.07, 6.45) is 18.2. The van der Waals surface area contributed by atoms with Crippen molar-refractivity contribution in [3.05, 3.63) is 0 Å². The van der Waals surface area contributed by atoms with Crippen LogP contribution in [0.1, 0.15) is 97.8 Å². The van der Waals surface area contributed by atoms with Crippen molar-refractivity contribution in [3.8, 4) is 0 Å². The summed E-state index contributed by atoms with van der Waals surface area (Å²) in [4.78, 5) is 0. The van der Waals surface area contributed by atoms with Crippen LogP contribution in [-0.2, 0) is 0 Å². The van der Waals surface area contributed by atoms with Crippen LogP contribution in [0.3, 0.4) is 0 Å². The summed E-state index contributed by atoms with van der Waals surface area (Å²) < 4.78 is 0. The fraction of sp³-hybridized carbons (Fsp3) is 0.941. The summed E-state index contributed by atoms with van der Waals surface area (Å²) >= 11 is 0. The maximum absolute atomic E-state index is 4.02. The normalized spacial score (nSPS) is 17.0. The van der Waals surface area contributed by atoms with Crippen molar-refractivity contribution in [2.75, 3.05) is 0 Å². The van der Waals surface area contributed by atoms with Gasteiger partial charge < -0.3 is 0 Å². The third-order valence-electron chi connectivity index (χ3n) is 4.82. The second-order valence-corrected chi connectivity index (χ2v) is 6.62. The lowest BCUT2D eigenvalue weighted by Gasteiger charge is -2.36. The van der Waals surface area contributed by atoms with Gasteiger partial charge in [-0.1, -0.05) is 78.1 Å². The zero-order chi connectivity index (χ0) is 15.4. The first-order chi connectivity index (χ1) is 10.2. The van der Waals surface area contributed by atoms with E-state index >= 15 is 0 Å². The third-order valence-corrected chi connectivity index (χ3v) is 4.82. The standard InChI is InChI=1S/C17H36N4/c1-4-6-7-8-9-10-11-12-13-14-15-17(3,5-2)21-16-18-19-20-21/h16,19-20H,4-15H2,1-3H3. The lowest BCUT2D eigenvalue weighted by molar-refractivity contribution is 0.115. The lowest BCUT2D eigenvalue weighted by atomic mass is 9.90. The van der Waals surface area contributed by atoms with Gasteiger partial charge in [-0.15, -0.1) is 5.53 Å². The van der Waals surface area contributed by atoms with Gasteiger partial charge in [0.15, 0.2) is 0 Å². The lowest BCUT2D eigenvalue weighted by Crippen LogP contribution is -2.52. The minimum Gasteiger partial charge on any atom is -0.272 e. The van der Waals surface area contributed by atoms with Gasteiger partial charge >= 0.3 is 0 Å². The number of hydrazone groups is 1. The summed E-state index contributed by atoms with van der Waals surface area (Å²) in [7, 11) is 0. The molecule has 4 heteroatoms. The van der Waals surface area contributed by atoms with Crippen LogP contribution in [0.25, 0.3) is 0 Å². The maximum Gasteiger partial charge on any atom is 0.129 e. The number of nitrogens with one attached hydrogen (secondary N) is 2. The van der Waals surface area contributed by atoms with Gasteiger partial charge in [-0.3, -0.25) is 5.01 Å². The van der Waals surface area contributed by atoms with E-state index < -0.39 is 0 Å². The molecule has 0 aromatic heterocycles. The van der Waals surface area contributed by atoms with E-state index in [9.17, 15) is 0 Å². The fourth-order valence-electron chi connectivity index (χ4n) is 2.93. The van der Waals surface area contributed by atoms with Crippen molar-refractivity contribution >= 4 is 6.34 Å². The Labute approximate surface area is 131 Å². The van der Waals surface area contributed by atoms with E-state index in [0.29, 0.717) is 0 Å². The summed E-state index contributed by atoms with van der Waals surface area (Å²) in [6, 6.07) is 0. The van der Waals surface area contributed by atoms with E-state index in [2.05, 4.69) is 42.0 Å². The van der Waals surface area contributed by atoms with Crippen LogP contribution in [0.5, 0.6) is 0 Å². The summed E-state index contributed by atoms with van der Waals surface area (Å²) in [6.45, 7) is 6.85. The van der Waals surface area contributed by atoms with E-state index in [4.69, 9.17) is 0 Å². The predicted molar refractivity (Wildman–Crippen MR) is 91.8 cm³/mol. The molecule has 1 unspecified atom stereocenters. The van der Waals surface area contributed by atoms with Crippen LogP contribution < -0.4 is 11.1 Å². The molecule has 124 valence electrons. The van der Waals surface area contributed by atoms with E-state index in [1.165, 1.54) is 70.6 Å². The average molecular weight is 297 g/mol. The van der Waals surface area contributed by atoms with E-state index in [-0.39, 0.29) is 5.54 Å². The molecule has 4 nitrogen and oxygen atoms in total. The highest BCUT2D eigenvalue weighted by atomic mass is 15.8. The molecule has 21 heavy (non-hydrogen) atoms. The highest BCUT2D eigenvalue weighted by molar-refractivity contribution is 5.56. The number of hydrazine groups is 2. The first kappa shape index (κ1) is 18.3. The first-order valence-corrected chi connectivity index (χ1v) is 9.06. The maximum atomic E-state index is 4.02. The molecule has 0 amide bonds. The van der Waals surface area contributed by atoms with Crippen LogP contribution in [0.15, 0.2) is 5.10 Å². The number of hydrogen-bond acceptors (Lipinski definition) is 4. The SMILES string of the molecule is CCCCCCCCCCCCC(C)(CC)N1C=NNN1. The number of hydrogen-bond donors (Lipinski definition) is 2. The Kier molecular flexibility index (Phi) is 9.48. The Bertz CT molecular complexity index is 280. The molecule has 0 saturated heterocycles. The molecule has 0 aliphatic carbocycles. The number of rotatable bonds is 13. The molecule has 0 spiro atoms. The van der Waals surface area contributed by atoms with Crippen LogP contribution >= 0.6 is 0 Å². The van der Waals surface area contributed by atoms with Crippen LogP contribution in [0, 0.1) is 0 Å². The van der Waals surface area contributed by atoms with Crippen molar-refractivity contribution in [1.82, 2.24) is 16.1 Å². The second kappa shape index (κ2) is 10.9. The van der Waals surface area contributed by atoms with Gasteiger partial charge in [0, 0.05) is 0 Å². The van der Waals surface area contributed by atoms with Gasteiger partial charge in [0.1, 0.15) is 6.34 Å². The third kappa shape index (κ3) is 7.16. The smallest absolute Gasteiger partial charge is 0.129 e. The molecule has 0 aromatic carbocycles. The first-order valence-electron chi connectivity index (χ1n) is 9.06. The van der Waals surface area contributed by atoms with Gasteiger partial charge in [0.25, 0.3) is 0 Å². The largest absolute Gasteiger partial charge is 0.272 e. The van der Waals surface area contributed by atoms with Crippen molar-refractivity contribution < 1.29 is 0 Å². The Morgan fingerprint density at radius 2 is 1.48 bits per heavy atom. The van der Waals surface area contributed by atoms with E-state index in [1.807, 2.05) is 6.34 Å². The van der Waals surface area contributed by atoms with E-state index in [0.717, 1.165) is 6.42 Å². The number of nitrogens with zero attached hydrogens (tertiary/aromatic N) is 2. The van der Waals surface area contributed by atoms with Gasteiger partial charge in [0.2, 0.25) is 0 Å². The molecule has 1 aliphatic rings. The summed E-state index contributed by atoms with van der Waals surface area (Å²) in [5, 5.41) is 6.13. The average Bonchev–Trinajstić information content (AvgIpc) is 3.04. The predicted octanol–water partition coefficient (Wildman–Crippen LogP) is 4.73. The summed E-state index contributed by atoms with van der Waals surface area (Å²) in [5.41, 5.74) is 6.07. The molecule has 1 heterocycles. The Balaban J connectivity index is 1.98.